The molecule has 3 heterocycles. The van der Waals surface area contributed by atoms with Gasteiger partial charge < -0.3 is 9.32 Å². The fraction of sp³-hybridized carbons (Fsp3) is 0.643. The molecule has 0 spiro atoms. The summed E-state index contributed by atoms with van der Waals surface area (Å²) in [5, 5.41) is 1.06. The predicted octanol–water partition coefficient (Wildman–Crippen LogP) is 6.89. The lowest BCUT2D eigenvalue weighted by atomic mass is 9.89. The van der Waals surface area contributed by atoms with Gasteiger partial charge in [0.15, 0.2) is 0 Å². The number of unbranched alkanes of at least 4 members (excludes halogenated alkanes) is 1. The van der Waals surface area contributed by atoms with Crippen molar-refractivity contribution in [2.75, 3.05) is 32.7 Å². The van der Waals surface area contributed by atoms with E-state index in [1.54, 1.807) is 12.1 Å². The number of carbonyl (C=O) groups excluding carboxylic acids is 1. The highest BCUT2D eigenvalue weighted by Gasteiger charge is 2.26. The van der Waals surface area contributed by atoms with Crippen LogP contribution in [0.3, 0.4) is 0 Å². The molecule has 0 amide bonds. The lowest BCUT2D eigenvalue weighted by Crippen LogP contribution is -2.39. The summed E-state index contributed by atoms with van der Waals surface area (Å²) < 4.78 is 5.91. The van der Waals surface area contributed by atoms with E-state index in [1.807, 2.05) is 13.0 Å². The molecular weight excluding hydrogens is 481 g/mol. The Bertz CT molecular complexity index is 970. The topological polar surface area (TPSA) is 49.6 Å². The summed E-state index contributed by atoms with van der Waals surface area (Å²) in [6.45, 7) is 12.7. The zero-order valence-corrected chi connectivity index (χ0v) is 22.9. The van der Waals surface area contributed by atoms with E-state index in [2.05, 4.69) is 23.6 Å². The van der Waals surface area contributed by atoms with Crippen LogP contribution in [0.1, 0.15) is 63.8 Å². The lowest BCUT2D eigenvalue weighted by Gasteiger charge is -2.35. The number of halogens is 2. The van der Waals surface area contributed by atoms with Crippen molar-refractivity contribution in [2.45, 2.75) is 65.8 Å². The first kappa shape index (κ1) is 26.7. The highest BCUT2D eigenvalue weighted by molar-refractivity contribution is 6.38. The lowest BCUT2D eigenvalue weighted by molar-refractivity contribution is -0.124. The first-order chi connectivity index (χ1) is 16.8. The number of hydrogen-bond donors (Lipinski definition) is 0. The Hall–Kier alpha value is -1.40. The molecule has 0 radical (unpaired) electrons. The molecule has 7 heteroatoms. The minimum Gasteiger partial charge on any atom is -0.441 e. The molecule has 1 aromatic heterocycles. The van der Waals surface area contributed by atoms with Gasteiger partial charge in [0.1, 0.15) is 11.5 Å². The number of ketones is 1. The average Bonchev–Trinajstić information content (AvgIpc) is 3.16. The molecule has 2 atom stereocenters. The largest absolute Gasteiger partial charge is 0.441 e. The molecule has 2 aromatic rings. The number of likely N-dealkylation sites (tertiary alicyclic amines) is 2. The Morgan fingerprint density at radius 3 is 2.37 bits per heavy atom. The maximum atomic E-state index is 12.8. The quantitative estimate of drug-likeness (QED) is 0.337. The van der Waals surface area contributed by atoms with Gasteiger partial charge in [0.2, 0.25) is 5.89 Å². The van der Waals surface area contributed by atoms with Crippen LogP contribution >= 0.6 is 23.2 Å². The number of piperidine rings is 2. The molecule has 1 aromatic carbocycles. The minimum absolute atomic E-state index is 0.206. The van der Waals surface area contributed by atoms with Gasteiger partial charge in [-0.05, 0) is 82.6 Å². The second kappa shape index (κ2) is 12.2. The third-order valence-corrected chi connectivity index (χ3v) is 8.21. The number of benzene rings is 1. The van der Waals surface area contributed by atoms with Crippen molar-refractivity contribution in [2.24, 2.45) is 17.8 Å². The Morgan fingerprint density at radius 1 is 1.06 bits per heavy atom. The number of hydrogen-bond acceptors (Lipinski definition) is 5. The van der Waals surface area contributed by atoms with Crippen molar-refractivity contribution in [3.05, 3.63) is 39.7 Å². The fourth-order valence-corrected chi connectivity index (χ4v) is 6.38. The molecule has 0 bridgehead atoms. The summed E-state index contributed by atoms with van der Waals surface area (Å²) in [4.78, 5) is 22.5. The van der Waals surface area contributed by atoms with Gasteiger partial charge in [0, 0.05) is 32.0 Å². The van der Waals surface area contributed by atoms with Crippen LogP contribution < -0.4 is 0 Å². The second-order valence-corrected chi connectivity index (χ2v) is 11.6. The SMILES string of the molecule is Cc1oc(-c2c(Cl)cccc2Cl)nc1CN1CCC(C(=O)CCCCN2C[C@H](C)C[C@H](C)C2)CC1. The number of aryl methyl sites for hydroxylation is 1. The maximum absolute atomic E-state index is 12.8. The van der Waals surface area contributed by atoms with Gasteiger partial charge in [0.25, 0.3) is 0 Å². The van der Waals surface area contributed by atoms with Gasteiger partial charge in [-0.3, -0.25) is 9.69 Å². The van der Waals surface area contributed by atoms with Crippen molar-refractivity contribution >= 4 is 29.0 Å². The van der Waals surface area contributed by atoms with Gasteiger partial charge >= 0.3 is 0 Å². The number of aromatic nitrogens is 1. The van der Waals surface area contributed by atoms with E-state index in [1.165, 1.54) is 19.5 Å². The number of carbonyl (C=O) groups is 1. The van der Waals surface area contributed by atoms with Gasteiger partial charge in [-0.2, -0.15) is 0 Å². The molecule has 0 aliphatic carbocycles. The van der Waals surface area contributed by atoms with Crippen molar-refractivity contribution in [3.8, 4) is 11.5 Å². The molecule has 2 fully saturated rings. The van der Waals surface area contributed by atoms with Gasteiger partial charge in [0.05, 0.1) is 21.3 Å². The first-order valence-corrected chi connectivity index (χ1v) is 13.9. The number of rotatable bonds is 9. The zero-order chi connectivity index (χ0) is 24.9. The second-order valence-electron chi connectivity index (χ2n) is 10.8. The standard InChI is InChI=1S/C28H39Cl2N3O2/c1-19-15-20(2)17-33(16-19)12-5-4-9-26(34)22-10-13-32(14-11-22)18-25-21(3)35-28(31-25)27-23(29)7-6-8-24(27)30/h6-8,19-20,22H,4-5,9-18H2,1-3H3/t19-,20+. The fourth-order valence-electron chi connectivity index (χ4n) is 5.82. The summed E-state index contributed by atoms with van der Waals surface area (Å²) in [6, 6.07) is 5.39. The molecule has 4 rings (SSSR count). The molecule has 2 aliphatic heterocycles. The predicted molar refractivity (Wildman–Crippen MR) is 143 cm³/mol. The molecule has 2 aliphatic rings. The summed E-state index contributed by atoms with van der Waals surface area (Å²) in [6.07, 6.45) is 6.09. The van der Waals surface area contributed by atoms with E-state index < -0.39 is 0 Å². The van der Waals surface area contributed by atoms with Gasteiger partial charge in [-0.15, -0.1) is 0 Å². The molecule has 2 saturated heterocycles. The Morgan fingerprint density at radius 2 is 1.71 bits per heavy atom. The van der Waals surface area contributed by atoms with Crippen molar-refractivity contribution < 1.29 is 9.21 Å². The molecule has 0 unspecified atom stereocenters. The zero-order valence-electron chi connectivity index (χ0n) is 21.4. The summed E-state index contributed by atoms with van der Waals surface area (Å²) in [5.41, 5.74) is 1.54. The normalized spacial score (nSPS) is 22.5. The van der Waals surface area contributed by atoms with E-state index in [9.17, 15) is 4.79 Å². The molecule has 35 heavy (non-hydrogen) atoms. The third-order valence-electron chi connectivity index (χ3n) is 7.58. The molecular formula is C28H39Cl2N3O2. The number of nitrogens with zero attached hydrogens (tertiary/aromatic N) is 3. The highest BCUT2D eigenvalue weighted by Crippen LogP contribution is 2.35. The highest BCUT2D eigenvalue weighted by atomic mass is 35.5. The molecule has 192 valence electrons. The minimum atomic E-state index is 0.206. The van der Waals surface area contributed by atoms with Crippen LogP contribution in [0.5, 0.6) is 0 Å². The van der Waals surface area contributed by atoms with Gasteiger partial charge in [-0.1, -0.05) is 43.1 Å². The van der Waals surface area contributed by atoms with E-state index in [0.717, 1.165) is 75.0 Å². The third kappa shape index (κ3) is 7.09. The number of Topliss-reactive ketones (excluding diaryl/α,β-unsaturated/α-hetero) is 1. The van der Waals surface area contributed by atoms with Crippen molar-refractivity contribution in [1.29, 1.82) is 0 Å². The Kier molecular flexibility index (Phi) is 9.31. The van der Waals surface area contributed by atoms with Crippen LogP contribution in [0.25, 0.3) is 11.5 Å². The van der Waals surface area contributed by atoms with Crippen molar-refractivity contribution in [3.63, 3.8) is 0 Å². The van der Waals surface area contributed by atoms with E-state index in [-0.39, 0.29) is 5.92 Å². The van der Waals surface area contributed by atoms with Crippen LogP contribution in [-0.2, 0) is 11.3 Å². The van der Waals surface area contributed by atoms with Gasteiger partial charge in [-0.25, -0.2) is 4.98 Å². The van der Waals surface area contributed by atoms with Crippen molar-refractivity contribution in [1.82, 2.24) is 14.8 Å². The maximum Gasteiger partial charge on any atom is 0.229 e. The average molecular weight is 521 g/mol. The summed E-state index contributed by atoms with van der Waals surface area (Å²) >= 11 is 12.7. The van der Waals surface area contributed by atoms with Crippen LogP contribution in [0.15, 0.2) is 22.6 Å². The van der Waals surface area contributed by atoms with E-state index in [4.69, 9.17) is 32.6 Å². The first-order valence-electron chi connectivity index (χ1n) is 13.2. The Balaban J connectivity index is 1.20. The van der Waals surface area contributed by atoms with Crippen LogP contribution in [0, 0.1) is 24.7 Å². The molecule has 0 N–H and O–H groups in total. The van der Waals surface area contributed by atoms with Crippen LogP contribution in [0.4, 0.5) is 0 Å². The van der Waals surface area contributed by atoms with E-state index >= 15 is 0 Å². The smallest absolute Gasteiger partial charge is 0.229 e. The molecule has 5 nitrogen and oxygen atoms in total. The summed E-state index contributed by atoms with van der Waals surface area (Å²) in [7, 11) is 0. The number of oxazole rings is 1. The Labute approximate surface area is 220 Å². The van der Waals surface area contributed by atoms with E-state index in [0.29, 0.717) is 33.8 Å². The van der Waals surface area contributed by atoms with Crippen LogP contribution in [-0.4, -0.2) is 53.3 Å². The van der Waals surface area contributed by atoms with Crippen LogP contribution in [0.2, 0.25) is 10.0 Å². The summed E-state index contributed by atoms with van der Waals surface area (Å²) in [5.74, 6) is 3.51. The molecule has 0 saturated carbocycles. The monoisotopic (exact) mass is 519 g/mol.